The van der Waals surface area contributed by atoms with Gasteiger partial charge >= 0.3 is 0 Å². The number of rotatable bonds is 9. The zero-order valence-corrected chi connectivity index (χ0v) is 18.2. The molecule has 1 aliphatic rings. The summed E-state index contributed by atoms with van der Waals surface area (Å²) in [4.78, 5) is 17.4. The Morgan fingerprint density at radius 3 is 2.76 bits per heavy atom. The van der Waals surface area contributed by atoms with Gasteiger partial charge in [-0.15, -0.1) is 0 Å². The van der Waals surface area contributed by atoms with E-state index in [-0.39, 0.29) is 5.91 Å². The summed E-state index contributed by atoms with van der Waals surface area (Å²) in [5.74, 6) is 0.373. The van der Waals surface area contributed by atoms with Crippen LogP contribution >= 0.6 is 11.6 Å². The molecule has 0 saturated heterocycles. The molecule has 0 spiro atoms. The average molecular weight is 414 g/mol. The molecular weight excluding hydrogens is 386 g/mol. The molecule has 2 N–H and O–H groups in total. The van der Waals surface area contributed by atoms with E-state index < -0.39 is 5.92 Å². The summed E-state index contributed by atoms with van der Waals surface area (Å²) in [6.07, 6.45) is 8.88. The van der Waals surface area contributed by atoms with Crippen molar-refractivity contribution in [2.75, 3.05) is 5.32 Å². The molecule has 1 unspecified atom stereocenters. The Morgan fingerprint density at radius 2 is 2.21 bits per heavy atom. The Kier molecular flexibility index (Phi) is 8.41. The summed E-state index contributed by atoms with van der Waals surface area (Å²) in [6, 6.07) is 4.06. The largest absolute Gasteiger partial charge is 0.309 e. The van der Waals surface area contributed by atoms with Gasteiger partial charge < -0.3 is 5.32 Å². The molecule has 0 aromatic carbocycles. The van der Waals surface area contributed by atoms with Crippen molar-refractivity contribution in [3.63, 3.8) is 0 Å². The number of aromatic amines is 1. The Morgan fingerprint density at radius 1 is 1.48 bits per heavy atom. The van der Waals surface area contributed by atoms with Crippen molar-refractivity contribution in [3.8, 4) is 6.07 Å². The number of halogens is 1. The number of nitrogens with zero attached hydrogens (tertiary/aromatic N) is 3. The molecule has 1 aromatic heterocycles. The van der Waals surface area contributed by atoms with Gasteiger partial charge in [0.1, 0.15) is 6.07 Å². The number of nitrogens with one attached hydrogen (secondary N) is 2. The van der Waals surface area contributed by atoms with Crippen LogP contribution in [0, 0.1) is 17.2 Å². The first-order valence-corrected chi connectivity index (χ1v) is 10.3. The Bertz CT molecular complexity index is 897. The monoisotopic (exact) mass is 413 g/mol. The molecule has 0 aliphatic heterocycles. The van der Waals surface area contributed by atoms with Crippen LogP contribution in [-0.4, -0.2) is 21.8 Å². The molecule has 2 rings (SSSR count). The zero-order valence-electron chi connectivity index (χ0n) is 17.4. The second-order valence-corrected chi connectivity index (χ2v) is 7.50. The van der Waals surface area contributed by atoms with Crippen LogP contribution in [0.5, 0.6) is 0 Å². The highest BCUT2D eigenvalue weighted by atomic mass is 35.5. The lowest BCUT2D eigenvalue weighted by Crippen LogP contribution is -2.22. The van der Waals surface area contributed by atoms with Gasteiger partial charge in [0.05, 0.1) is 17.2 Å². The first kappa shape index (κ1) is 22.6. The second-order valence-electron chi connectivity index (χ2n) is 7.06. The maximum atomic E-state index is 12.7. The number of hydrogen-bond acceptors (Lipinski definition) is 4. The molecule has 7 heteroatoms. The van der Waals surface area contributed by atoms with Crippen LogP contribution in [0.25, 0.3) is 0 Å². The van der Waals surface area contributed by atoms with Crippen LogP contribution in [0.3, 0.4) is 0 Å². The molecule has 0 radical (unpaired) electrons. The first-order valence-electron chi connectivity index (χ1n) is 9.97. The van der Waals surface area contributed by atoms with Gasteiger partial charge in [0.2, 0.25) is 5.91 Å². The summed E-state index contributed by atoms with van der Waals surface area (Å²) in [5, 5.41) is 20.0. The topological polar surface area (TPSA) is 93.9 Å². The van der Waals surface area contributed by atoms with Crippen molar-refractivity contribution in [2.24, 2.45) is 10.9 Å². The van der Waals surface area contributed by atoms with Gasteiger partial charge in [-0.1, -0.05) is 37.1 Å². The van der Waals surface area contributed by atoms with E-state index in [2.05, 4.69) is 26.6 Å². The molecule has 1 saturated carbocycles. The van der Waals surface area contributed by atoms with Crippen molar-refractivity contribution in [3.05, 3.63) is 46.3 Å². The minimum atomic E-state index is -0.495. The van der Waals surface area contributed by atoms with E-state index in [0.29, 0.717) is 40.2 Å². The highest BCUT2D eigenvalue weighted by Crippen LogP contribution is 2.39. The number of nitriles is 1. The SMILES string of the molecule is C\C=C(/N=C(CCC)\C(C#N)=C/C(Cl)=C\C)C(C)C(=O)Nc1cc(C2CC2)[nH]n1. The van der Waals surface area contributed by atoms with Crippen LogP contribution in [0.4, 0.5) is 5.82 Å². The molecule has 1 heterocycles. The predicted molar refractivity (Wildman–Crippen MR) is 118 cm³/mol. The van der Waals surface area contributed by atoms with Gasteiger partial charge in [-0.3, -0.25) is 14.9 Å². The smallest absolute Gasteiger partial charge is 0.234 e. The summed E-state index contributed by atoms with van der Waals surface area (Å²) in [5.41, 5.74) is 2.69. The second kappa shape index (κ2) is 10.8. The molecule has 6 nitrogen and oxygen atoms in total. The van der Waals surface area contributed by atoms with Gasteiger partial charge in [0.15, 0.2) is 5.82 Å². The van der Waals surface area contributed by atoms with E-state index in [1.54, 1.807) is 32.1 Å². The number of allylic oxidation sites excluding steroid dienone is 5. The van der Waals surface area contributed by atoms with E-state index in [1.807, 2.05) is 19.9 Å². The Hall–Kier alpha value is -2.65. The number of hydrogen-bond donors (Lipinski definition) is 2. The number of anilines is 1. The van der Waals surface area contributed by atoms with Gasteiger partial charge in [0.25, 0.3) is 0 Å². The molecule has 1 atom stereocenters. The molecule has 29 heavy (non-hydrogen) atoms. The van der Waals surface area contributed by atoms with Gasteiger partial charge in [-0.25, -0.2) is 0 Å². The van der Waals surface area contributed by atoms with Crippen LogP contribution < -0.4 is 5.32 Å². The summed E-state index contributed by atoms with van der Waals surface area (Å²) >= 11 is 6.08. The lowest BCUT2D eigenvalue weighted by atomic mass is 10.0. The molecule has 1 aromatic rings. The number of carbonyl (C=O) groups excluding carboxylic acids is 1. The van der Waals surface area contributed by atoms with Crippen LogP contribution in [-0.2, 0) is 4.79 Å². The van der Waals surface area contributed by atoms with Crippen molar-refractivity contribution in [2.45, 2.75) is 59.3 Å². The minimum absolute atomic E-state index is 0.194. The predicted octanol–water partition coefficient (Wildman–Crippen LogP) is 5.60. The number of amides is 1. The lowest BCUT2D eigenvalue weighted by molar-refractivity contribution is -0.118. The quantitative estimate of drug-likeness (QED) is 0.313. The van der Waals surface area contributed by atoms with E-state index in [4.69, 9.17) is 11.6 Å². The third-order valence-corrected chi connectivity index (χ3v) is 5.07. The van der Waals surface area contributed by atoms with Crippen LogP contribution in [0.2, 0.25) is 0 Å². The highest BCUT2D eigenvalue weighted by molar-refractivity contribution is 6.31. The van der Waals surface area contributed by atoms with Gasteiger partial charge in [-0.2, -0.15) is 10.4 Å². The maximum Gasteiger partial charge on any atom is 0.234 e. The summed E-state index contributed by atoms with van der Waals surface area (Å²) in [7, 11) is 0. The fourth-order valence-electron chi connectivity index (χ4n) is 2.83. The van der Waals surface area contributed by atoms with Crippen molar-refractivity contribution < 1.29 is 4.79 Å². The zero-order chi connectivity index (χ0) is 21.4. The lowest BCUT2D eigenvalue weighted by Gasteiger charge is -2.13. The van der Waals surface area contributed by atoms with Gasteiger partial charge in [0, 0.05) is 28.4 Å². The van der Waals surface area contributed by atoms with Crippen molar-refractivity contribution >= 4 is 29.0 Å². The third kappa shape index (κ3) is 6.43. The van der Waals surface area contributed by atoms with E-state index in [1.165, 1.54) is 0 Å². The van der Waals surface area contributed by atoms with E-state index in [9.17, 15) is 10.1 Å². The van der Waals surface area contributed by atoms with E-state index >= 15 is 0 Å². The van der Waals surface area contributed by atoms with Gasteiger partial charge in [-0.05, 0) is 46.1 Å². The number of aromatic nitrogens is 2. The molecular formula is C22H28ClN5O. The minimum Gasteiger partial charge on any atom is -0.309 e. The first-order chi connectivity index (χ1) is 13.9. The van der Waals surface area contributed by atoms with Crippen molar-refractivity contribution in [1.82, 2.24) is 10.2 Å². The molecule has 1 aliphatic carbocycles. The standard InChI is InChI=1S/C22H28ClN5O/c1-5-8-19(16(13-24)11-17(23)6-2)25-18(7-3)14(4)22(29)26-21-12-20(27-28-21)15-9-10-15/h6-7,11-12,14-15H,5,8-10H2,1-4H3,(H2,26,27,28,29)/b16-11-,17-6+,18-7-,25-19-. The highest BCUT2D eigenvalue weighted by Gasteiger charge is 2.26. The average Bonchev–Trinajstić information content (AvgIpc) is 3.47. The Labute approximate surface area is 177 Å². The Balaban J connectivity index is 2.19. The fraction of sp³-hybridized carbons (Fsp3) is 0.455. The van der Waals surface area contributed by atoms with E-state index in [0.717, 1.165) is 25.0 Å². The normalized spacial score (nSPS) is 17.1. The van der Waals surface area contributed by atoms with Crippen molar-refractivity contribution in [1.29, 1.82) is 5.26 Å². The molecule has 1 fully saturated rings. The third-order valence-electron chi connectivity index (χ3n) is 4.74. The summed E-state index contributed by atoms with van der Waals surface area (Å²) in [6.45, 7) is 7.45. The maximum absolute atomic E-state index is 12.7. The number of H-pyrrole nitrogens is 1. The molecule has 0 bridgehead atoms. The molecule has 154 valence electrons. The molecule has 1 amide bonds. The van der Waals surface area contributed by atoms with Crippen LogP contribution in [0.1, 0.15) is 65.0 Å². The number of carbonyl (C=O) groups is 1. The fourth-order valence-corrected chi connectivity index (χ4v) is 2.94. The number of aliphatic imine (C=N–C) groups is 1. The summed E-state index contributed by atoms with van der Waals surface area (Å²) < 4.78 is 0. The van der Waals surface area contributed by atoms with Crippen LogP contribution in [0.15, 0.2) is 45.6 Å².